The second kappa shape index (κ2) is 9.73. The van der Waals surface area contributed by atoms with Gasteiger partial charge in [0.2, 0.25) is 5.89 Å². The van der Waals surface area contributed by atoms with Gasteiger partial charge in [0.05, 0.1) is 0 Å². The molecular weight excluding hydrogens is 440 g/mol. The molecule has 0 fully saturated rings. The summed E-state index contributed by atoms with van der Waals surface area (Å²) in [5.41, 5.74) is 5.04. The number of amides is 1. The number of anilines is 1. The number of hydrogen-bond acceptors (Lipinski definition) is 5. The van der Waals surface area contributed by atoms with Crippen molar-refractivity contribution in [2.45, 2.75) is 20.1 Å². The Hall–Kier alpha value is -4.58. The second-order valence-corrected chi connectivity index (χ2v) is 8.21. The van der Waals surface area contributed by atoms with E-state index >= 15 is 0 Å². The fraction of sp³-hybridized carbons (Fsp3) is 0.103. The van der Waals surface area contributed by atoms with Crippen molar-refractivity contribution in [1.82, 2.24) is 4.98 Å². The van der Waals surface area contributed by atoms with Crippen LogP contribution in [0.2, 0.25) is 0 Å². The molecule has 1 heterocycles. The molecule has 35 heavy (non-hydrogen) atoms. The van der Waals surface area contributed by atoms with Crippen molar-refractivity contribution in [2.24, 2.45) is 0 Å². The molecule has 0 unspecified atom stereocenters. The summed E-state index contributed by atoms with van der Waals surface area (Å²) in [4.78, 5) is 17.8. The average Bonchev–Trinajstić information content (AvgIpc) is 3.30. The monoisotopic (exact) mass is 464 g/mol. The van der Waals surface area contributed by atoms with Crippen molar-refractivity contribution in [3.05, 3.63) is 108 Å². The van der Waals surface area contributed by atoms with Gasteiger partial charge in [-0.1, -0.05) is 48.5 Å². The van der Waals surface area contributed by atoms with Gasteiger partial charge < -0.3 is 19.2 Å². The topological polar surface area (TPSA) is 73.6 Å². The number of ether oxygens (including phenoxy) is 2. The van der Waals surface area contributed by atoms with Crippen molar-refractivity contribution in [3.63, 3.8) is 0 Å². The number of carbonyl (C=O) groups is 1. The number of para-hydroxylation sites is 2. The SMILES string of the molecule is Cc1cc(C)c2oc(-c3cccc(NC(=O)C(Oc4ccccc4)Oc4ccccc4)c3)nc2c1. The maximum Gasteiger partial charge on any atom is 0.321 e. The van der Waals surface area contributed by atoms with E-state index in [0.29, 0.717) is 23.1 Å². The van der Waals surface area contributed by atoms with E-state index in [0.717, 1.165) is 27.8 Å². The minimum absolute atomic E-state index is 0.445. The van der Waals surface area contributed by atoms with Gasteiger partial charge >= 0.3 is 12.2 Å². The van der Waals surface area contributed by atoms with E-state index in [-0.39, 0.29) is 0 Å². The zero-order valence-corrected chi connectivity index (χ0v) is 19.4. The summed E-state index contributed by atoms with van der Waals surface area (Å²) < 4.78 is 17.8. The Morgan fingerprint density at radius 2 is 1.49 bits per heavy atom. The van der Waals surface area contributed by atoms with Crippen molar-refractivity contribution >= 4 is 22.7 Å². The molecule has 0 atom stereocenters. The Kier molecular flexibility index (Phi) is 6.18. The van der Waals surface area contributed by atoms with Gasteiger partial charge in [-0.3, -0.25) is 4.79 Å². The Morgan fingerprint density at radius 3 is 2.14 bits per heavy atom. The van der Waals surface area contributed by atoms with E-state index in [2.05, 4.69) is 16.4 Å². The molecule has 5 aromatic rings. The van der Waals surface area contributed by atoms with E-state index in [4.69, 9.17) is 13.9 Å². The lowest BCUT2D eigenvalue weighted by Gasteiger charge is -2.20. The van der Waals surface area contributed by atoms with Crippen LogP contribution in [-0.2, 0) is 4.79 Å². The van der Waals surface area contributed by atoms with Crippen LogP contribution in [0.3, 0.4) is 0 Å². The van der Waals surface area contributed by atoms with Gasteiger partial charge in [0.1, 0.15) is 17.0 Å². The largest absolute Gasteiger partial charge is 0.446 e. The fourth-order valence-electron chi connectivity index (χ4n) is 3.81. The summed E-state index contributed by atoms with van der Waals surface area (Å²) in [5, 5.41) is 2.89. The highest BCUT2D eigenvalue weighted by Gasteiger charge is 2.23. The molecule has 6 nitrogen and oxygen atoms in total. The van der Waals surface area contributed by atoms with Crippen LogP contribution in [0.15, 0.2) is 101 Å². The molecule has 0 spiro atoms. The van der Waals surface area contributed by atoms with Crippen LogP contribution in [0, 0.1) is 13.8 Å². The van der Waals surface area contributed by atoms with Crippen molar-refractivity contribution in [1.29, 1.82) is 0 Å². The highest BCUT2D eigenvalue weighted by atomic mass is 16.7. The number of benzene rings is 4. The Morgan fingerprint density at radius 1 is 0.829 bits per heavy atom. The highest BCUT2D eigenvalue weighted by Crippen LogP contribution is 2.29. The predicted molar refractivity (Wildman–Crippen MR) is 135 cm³/mol. The number of fused-ring (bicyclic) bond motifs is 1. The Bertz CT molecular complexity index is 1420. The normalized spacial score (nSPS) is 10.9. The van der Waals surface area contributed by atoms with Gasteiger partial charge in [0, 0.05) is 11.3 Å². The maximum absolute atomic E-state index is 13.2. The molecule has 1 N–H and O–H groups in total. The number of carbonyl (C=O) groups excluding carboxylic acids is 1. The van der Waals surface area contributed by atoms with Gasteiger partial charge in [-0.05, 0) is 73.5 Å². The highest BCUT2D eigenvalue weighted by molar-refractivity contribution is 5.94. The summed E-state index contributed by atoms with van der Waals surface area (Å²) in [5.74, 6) is 1.09. The second-order valence-electron chi connectivity index (χ2n) is 8.21. The number of hydrogen-bond donors (Lipinski definition) is 1. The lowest BCUT2D eigenvalue weighted by Crippen LogP contribution is -2.38. The van der Waals surface area contributed by atoms with E-state index in [1.807, 2.05) is 74.5 Å². The first-order chi connectivity index (χ1) is 17.0. The van der Waals surface area contributed by atoms with Crippen LogP contribution in [0.5, 0.6) is 11.5 Å². The van der Waals surface area contributed by atoms with Crippen molar-refractivity contribution in [2.75, 3.05) is 5.32 Å². The standard InChI is InChI=1S/C29H24N2O4/c1-19-16-20(2)26-25(17-19)31-28(35-26)21-10-9-11-22(18-21)30-27(32)29(33-23-12-5-3-6-13-23)34-24-14-7-4-8-15-24/h3-18,29H,1-2H3,(H,30,32). The van der Waals surface area contributed by atoms with Crippen LogP contribution >= 0.6 is 0 Å². The van der Waals surface area contributed by atoms with E-state index in [1.165, 1.54) is 0 Å². The predicted octanol–water partition coefficient (Wildman–Crippen LogP) is 6.53. The molecular formula is C29H24N2O4. The molecule has 1 aromatic heterocycles. The van der Waals surface area contributed by atoms with Gasteiger partial charge in [-0.25, -0.2) is 4.98 Å². The van der Waals surface area contributed by atoms with Crippen LogP contribution in [0.4, 0.5) is 5.69 Å². The quantitative estimate of drug-likeness (QED) is 0.277. The first-order valence-electron chi connectivity index (χ1n) is 11.3. The summed E-state index contributed by atoms with van der Waals surface area (Å²) in [7, 11) is 0. The van der Waals surface area contributed by atoms with Crippen LogP contribution < -0.4 is 14.8 Å². The van der Waals surface area contributed by atoms with Gasteiger partial charge in [-0.2, -0.15) is 0 Å². The lowest BCUT2D eigenvalue weighted by molar-refractivity contribution is -0.134. The third kappa shape index (κ3) is 5.17. The third-order valence-electron chi connectivity index (χ3n) is 5.38. The molecule has 5 rings (SSSR count). The van der Waals surface area contributed by atoms with Gasteiger partial charge in [0.15, 0.2) is 5.58 Å². The number of nitrogens with zero attached hydrogens (tertiary/aromatic N) is 1. The Balaban J connectivity index is 1.39. The maximum atomic E-state index is 13.2. The number of nitrogens with one attached hydrogen (secondary N) is 1. The first kappa shape index (κ1) is 22.2. The smallest absolute Gasteiger partial charge is 0.321 e. The van der Waals surface area contributed by atoms with E-state index < -0.39 is 12.2 Å². The van der Waals surface area contributed by atoms with Crippen LogP contribution in [0.1, 0.15) is 11.1 Å². The van der Waals surface area contributed by atoms with Gasteiger partial charge in [-0.15, -0.1) is 0 Å². The average molecular weight is 465 g/mol. The number of aryl methyl sites for hydroxylation is 2. The van der Waals surface area contributed by atoms with E-state index in [9.17, 15) is 4.79 Å². The van der Waals surface area contributed by atoms with Gasteiger partial charge in [0.25, 0.3) is 0 Å². The molecule has 174 valence electrons. The molecule has 0 aliphatic carbocycles. The number of rotatable bonds is 7. The molecule has 0 saturated heterocycles. The molecule has 0 bridgehead atoms. The van der Waals surface area contributed by atoms with Crippen LogP contribution in [-0.4, -0.2) is 17.2 Å². The molecule has 1 amide bonds. The molecule has 0 aliphatic rings. The summed E-state index contributed by atoms with van der Waals surface area (Å²) in [6.07, 6.45) is -1.20. The van der Waals surface area contributed by atoms with Crippen molar-refractivity contribution < 1.29 is 18.7 Å². The summed E-state index contributed by atoms with van der Waals surface area (Å²) in [6.45, 7) is 4.03. The molecule has 0 aliphatic heterocycles. The number of oxazole rings is 1. The summed E-state index contributed by atoms with van der Waals surface area (Å²) in [6, 6.07) is 29.6. The third-order valence-corrected chi connectivity index (χ3v) is 5.38. The molecule has 0 radical (unpaired) electrons. The first-order valence-corrected chi connectivity index (χ1v) is 11.3. The zero-order valence-electron chi connectivity index (χ0n) is 19.4. The fourth-order valence-corrected chi connectivity index (χ4v) is 3.81. The number of aromatic nitrogens is 1. The molecule has 6 heteroatoms. The molecule has 4 aromatic carbocycles. The molecule has 0 saturated carbocycles. The van der Waals surface area contributed by atoms with Crippen LogP contribution in [0.25, 0.3) is 22.6 Å². The van der Waals surface area contributed by atoms with E-state index in [1.54, 1.807) is 30.3 Å². The minimum atomic E-state index is -1.20. The summed E-state index contributed by atoms with van der Waals surface area (Å²) >= 11 is 0. The van der Waals surface area contributed by atoms with Crippen molar-refractivity contribution in [3.8, 4) is 23.0 Å². The zero-order chi connectivity index (χ0) is 24.2. The Labute approximate surface area is 203 Å². The lowest BCUT2D eigenvalue weighted by atomic mass is 10.1. The minimum Gasteiger partial charge on any atom is -0.446 e.